The monoisotopic (exact) mass is 293 g/mol. The zero-order valence-electron chi connectivity index (χ0n) is 13.0. The van der Waals surface area contributed by atoms with Crippen LogP contribution in [0.2, 0.25) is 0 Å². The van der Waals surface area contributed by atoms with E-state index in [9.17, 15) is 14.7 Å². The molecule has 21 heavy (non-hydrogen) atoms. The van der Waals surface area contributed by atoms with Gasteiger partial charge in [0.1, 0.15) is 0 Å². The van der Waals surface area contributed by atoms with Gasteiger partial charge in [0, 0.05) is 6.54 Å². The van der Waals surface area contributed by atoms with Crippen LogP contribution in [0.5, 0.6) is 0 Å². The van der Waals surface area contributed by atoms with Crippen LogP contribution in [0, 0.1) is 29.6 Å². The number of aliphatic carboxylic acids is 1. The van der Waals surface area contributed by atoms with E-state index in [-0.39, 0.29) is 23.7 Å². The van der Waals surface area contributed by atoms with Gasteiger partial charge in [0.2, 0.25) is 5.91 Å². The smallest absolute Gasteiger partial charge is 0.307 e. The third-order valence-corrected chi connectivity index (χ3v) is 5.16. The maximum absolute atomic E-state index is 12.4. The maximum Gasteiger partial charge on any atom is 0.307 e. The zero-order valence-corrected chi connectivity index (χ0v) is 13.0. The minimum atomic E-state index is -0.829. The van der Waals surface area contributed by atoms with Crippen LogP contribution in [0.3, 0.4) is 0 Å². The molecule has 1 saturated carbocycles. The molecular weight excluding hydrogens is 266 g/mol. The summed E-state index contributed by atoms with van der Waals surface area (Å²) in [6, 6.07) is 0. The largest absolute Gasteiger partial charge is 0.481 e. The average molecular weight is 293 g/mol. The Bertz CT molecular complexity index is 418. The van der Waals surface area contributed by atoms with E-state index in [4.69, 9.17) is 0 Å². The summed E-state index contributed by atoms with van der Waals surface area (Å²) in [6.45, 7) is 5.00. The van der Waals surface area contributed by atoms with E-state index in [2.05, 4.69) is 19.2 Å². The van der Waals surface area contributed by atoms with Crippen LogP contribution >= 0.6 is 0 Å². The fourth-order valence-corrected chi connectivity index (χ4v) is 3.82. The molecule has 0 radical (unpaired) electrons. The summed E-state index contributed by atoms with van der Waals surface area (Å²) in [6.07, 6.45) is 9.37. The van der Waals surface area contributed by atoms with Crippen molar-refractivity contribution in [3.8, 4) is 0 Å². The Kier molecular flexibility index (Phi) is 5.43. The minimum absolute atomic E-state index is 0.0466. The van der Waals surface area contributed by atoms with Crippen molar-refractivity contribution in [2.24, 2.45) is 29.6 Å². The normalized spacial score (nSPS) is 31.3. The summed E-state index contributed by atoms with van der Waals surface area (Å²) in [7, 11) is 0. The third-order valence-electron chi connectivity index (χ3n) is 5.16. The van der Waals surface area contributed by atoms with Crippen LogP contribution in [-0.4, -0.2) is 23.5 Å². The van der Waals surface area contributed by atoms with Gasteiger partial charge < -0.3 is 10.4 Å². The summed E-state index contributed by atoms with van der Waals surface area (Å²) in [4.78, 5) is 23.9. The van der Waals surface area contributed by atoms with Crippen molar-refractivity contribution >= 4 is 11.9 Å². The first kappa shape index (κ1) is 16.1. The highest BCUT2D eigenvalue weighted by atomic mass is 16.4. The Hall–Kier alpha value is -1.32. The van der Waals surface area contributed by atoms with Crippen molar-refractivity contribution in [1.82, 2.24) is 5.32 Å². The van der Waals surface area contributed by atoms with E-state index in [0.29, 0.717) is 12.5 Å². The van der Waals surface area contributed by atoms with Crippen LogP contribution in [0.25, 0.3) is 0 Å². The van der Waals surface area contributed by atoms with Crippen molar-refractivity contribution in [3.05, 3.63) is 12.2 Å². The number of amides is 1. The highest BCUT2D eigenvalue weighted by Crippen LogP contribution is 2.48. The van der Waals surface area contributed by atoms with Gasteiger partial charge in [-0.05, 0) is 30.6 Å². The molecule has 0 aromatic rings. The molecule has 0 spiro atoms. The first-order chi connectivity index (χ1) is 10.1. The summed E-state index contributed by atoms with van der Waals surface area (Å²) < 4.78 is 0. The van der Waals surface area contributed by atoms with Gasteiger partial charge in [0.05, 0.1) is 11.8 Å². The van der Waals surface area contributed by atoms with Gasteiger partial charge in [-0.1, -0.05) is 45.3 Å². The number of rotatable bonds is 8. The SMILES string of the molecule is CCCC[C@@H](CC)CNC(=O)[C@@H]1[C@@H](C(=O)O)[C@H]2C=C[C@H]1C2. The molecular formula is C17H27NO3. The van der Waals surface area contributed by atoms with Gasteiger partial charge in [-0.15, -0.1) is 0 Å². The van der Waals surface area contributed by atoms with Gasteiger partial charge in [0.25, 0.3) is 0 Å². The summed E-state index contributed by atoms with van der Waals surface area (Å²) in [5.74, 6) is -1.13. The second-order valence-electron chi connectivity index (χ2n) is 6.50. The molecule has 0 aromatic heterocycles. The fraction of sp³-hybridized carbons (Fsp3) is 0.765. The molecule has 0 saturated heterocycles. The number of hydrogen-bond acceptors (Lipinski definition) is 2. The Labute approximate surface area is 127 Å². The van der Waals surface area contributed by atoms with Crippen LogP contribution in [-0.2, 0) is 9.59 Å². The van der Waals surface area contributed by atoms with Crippen molar-refractivity contribution in [3.63, 3.8) is 0 Å². The molecule has 2 N–H and O–H groups in total. The molecule has 5 atom stereocenters. The van der Waals surface area contributed by atoms with E-state index in [1.54, 1.807) is 0 Å². The topological polar surface area (TPSA) is 66.4 Å². The number of hydrogen-bond donors (Lipinski definition) is 2. The highest BCUT2D eigenvalue weighted by molar-refractivity contribution is 5.86. The second-order valence-corrected chi connectivity index (χ2v) is 6.50. The van der Waals surface area contributed by atoms with E-state index in [1.165, 1.54) is 12.8 Å². The molecule has 0 aliphatic heterocycles. The Morgan fingerprint density at radius 1 is 1.24 bits per heavy atom. The molecule has 0 aromatic carbocycles. The predicted octanol–water partition coefficient (Wildman–Crippen LogP) is 2.84. The van der Waals surface area contributed by atoms with Crippen molar-refractivity contribution in [1.29, 1.82) is 0 Å². The molecule has 1 amide bonds. The Morgan fingerprint density at radius 2 is 1.90 bits per heavy atom. The number of carboxylic acids is 1. The lowest BCUT2D eigenvalue weighted by Crippen LogP contribution is -2.41. The molecule has 4 nitrogen and oxygen atoms in total. The number of allylic oxidation sites excluding steroid dienone is 2. The van der Waals surface area contributed by atoms with Crippen LogP contribution in [0.15, 0.2) is 12.2 Å². The Balaban J connectivity index is 1.90. The quantitative estimate of drug-likeness (QED) is 0.676. The van der Waals surface area contributed by atoms with Gasteiger partial charge in [0.15, 0.2) is 0 Å². The summed E-state index contributed by atoms with van der Waals surface area (Å²) in [5.41, 5.74) is 0. The summed E-state index contributed by atoms with van der Waals surface area (Å²) in [5, 5.41) is 12.4. The van der Waals surface area contributed by atoms with Crippen molar-refractivity contribution in [2.45, 2.75) is 46.0 Å². The first-order valence-electron chi connectivity index (χ1n) is 8.27. The third kappa shape index (κ3) is 3.47. The van der Waals surface area contributed by atoms with E-state index in [1.807, 2.05) is 12.2 Å². The average Bonchev–Trinajstić information content (AvgIpc) is 3.07. The number of fused-ring (bicyclic) bond motifs is 2. The number of carboxylic acid groups (broad SMARTS) is 1. The van der Waals surface area contributed by atoms with E-state index in [0.717, 1.165) is 19.3 Å². The number of carbonyl (C=O) groups is 2. The van der Waals surface area contributed by atoms with E-state index < -0.39 is 11.9 Å². The molecule has 0 unspecified atom stereocenters. The lowest BCUT2D eigenvalue weighted by atomic mass is 9.82. The highest BCUT2D eigenvalue weighted by Gasteiger charge is 2.51. The van der Waals surface area contributed by atoms with E-state index >= 15 is 0 Å². The molecule has 4 heteroatoms. The second kappa shape index (κ2) is 7.10. The maximum atomic E-state index is 12.4. The lowest BCUT2D eigenvalue weighted by molar-refractivity contribution is -0.147. The molecule has 0 heterocycles. The molecule has 2 bridgehead atoms. The standard InChI is InChI=1S/C17H27NO3/c1-3-5-6-11(4-2)10-18-16(19)14-12-7-8-13(9-12)15(14)17(20)21/h7-8,11-15H,3-6,9-10H2,1-2H3,(H,18,19)(H,20,21)/t11-,12+,13+,14+,15+/m1/s1. The van der Waals surface area contributed by atoms with Crippen molar-refractivity contribution in [2.75, 3.05) is 6.54 Å². The van der Waals surface area contributed by atoms with Crippen LogP contribution in [0.1, 0.15) is 46.0 Å². The van der Waals surface area contributed by atoms with Crippen LogP contribution < -0.4 is 5.32 Å². The molecule has 2 rings (SSSR count). The lowest BCUT2D eigenvalue weighted by Gasteiger charge is -2.25. The first-order valence-corrected chi connectivity index (χ1v) is 8.27. The van der Waals surface area contributed by atoms with Crippen molar-refractivity contribution < 1.29 is 14.7 Å². The molecule has 2 aliphatic rings. The molecule has 118 valence electrons. The number of carbonyl (C=O) groups excluding carboxylic acids is 1. The number of unbranched alkanes of at least 4 members (excludes halogenated alkanes) is 1. The predicted molar refractivity (Wildman–Crippen MR) is 81.7 cm³/mol. The van der Waals surface area contributed by atoms with Gasteiger partial charge >= 0.3 is 5.97 Å². The molecule has 1 fully saturated rings. The summed E-state index contributed by atoms with van der Waals surface area (Å²) >= 11 is 0. The van der Waals surface area contributed by atoms with Gasteiger partial charge in [-0.3, -0.25) is 9.59 Å². The zero-order chi connectivity index (χ0) is 15.4. The fourth-order valence-electron chi connectivity index (χ4n) is 3.82. The van der Waals surface area contributed by atoms with Gasteiger partial charge in [-0.2, -0.15) is 0 Å². The minimum Gasteiger partial charge on any atom is -0.481 e. The van der Waals surface area contributed by atoms with Crippen LogP contribution in [0.4, 0.5) is 0 Å². The molecule has 2 aliphatic carbocycles. The number of nitrogens with one attached hydrogen (secondary N) is 1. The Morgan fingerprint density at radius 3 is 2.48 bits per heavy atom. The van der Waals surface area contributed by atoms with Gasteiger partial charge in [-0.25, -0.2) is 0 Å².